The molecule has 0 aromatic heterocycles. The smallest absolute Gasteiger partial charge is 0.288 e. The Balaban J connectivity index is 1.49. The van der Waals surface area contributed by atoms with E-state index in [0.29, 0.717) is 32.5 Å². The lowest BCUT2D eigenvalue weighted by molar-refractivity contribution is -0.384. The van der Waals surface area contributed by atoms with E-state index in [-0.39, 0.29) is 33.7 Å². The van der Waals surface area contributed by atoms with Crippen molar-refractivity contribution in [2.24, 2.45) is 0 Å². The number of carbonyl (C=O) groups is 2. The number of hydrogen-bond acceptors (Lipinski definition) is 5. The number of likely N-dealkylation sites (tertiary alicyclic amines) is 1. The van der Waals surface area contributed by atoms with E-state index in [1.165, 1.54) is 30.3 Å². The van der Waals surface area contributed by atoms with Crippen LogP contribution in [0.5, 0.6) is 0 Å². The molecule has 0 N–H and O–H groups in total. The highest BCUT2D eigenvalue weighted by atomic mass is 35.5. The van der Waals surface area contributed by atoms with E-state index in [9.17, 15) is 24.1 Å². The van der Waals surface area contributed by atoms with E-state index in [2.05, 4.69) is 0 Å². The summed E-state index contributed by atoms with van der Waals surface area (Å²) in [7, 11) is 0. The van der Waals surface area contributed by atoms with Gasteiger partial charge < -0.3 is 9.80 Å². The van der Waals surface area contributed by atoms with E-state index in [4.69, 9.17) is 11.6 Å². The van der Waals surface area contributed by atoms with Crippen LogP contribution in [0.3, 0.4) is 0 Å². The second-order valence-electron chi connectivity index (χ2n) is 7.45. The zero-order valence-corrected chi connectivity index (χ0v) is 18.0. The Morgan fingerprint density at radius 2 is 1.81 bits per heavy atom. The first-order valence-electron chi connectivity index (χ1n) is 9.76. The molecule has 2 fully saturated rings. The molecule has 2 saturated heterocycles. The van der Waals surface area contributed by atoms with E-state index >= 15 is 0 Å². The standard InChI is InChI=1S/C21H19ClFN3O4S/c22-16-6-5-14(13-18(16)26(29)30)19(27)24-9-7-21(8-10-24)25(11-12-31-21)20(28)15-3-1-2-4-17(15)23/h1-6,13H,7-12H2. The molecule has 2 aliphatic heterocycles. The van der Waals surface area contributed by atoms with Gasteiger partial charge in [-0.25, -0.2) is 4.39 Å². The van der Waals surface area contributed by atoms with Crippen LogP contribution in [0.15, 0.2) is 42.5 Å². The molecule has 31 heavy (non-hydrogen) atoms. The number of nitrogens with zero attached hydrogens (tertiary/aromatic N) is 3. The van der Waals surface area contributed by atoms with Gasteiger partial charge >= 0.3 is 0 Å². The van der Waals surface area contributed by atoms with Crippen molar-refractivity contribution in [1.82, 2.24) is 9.80 Å². The highest BCUT2D eigenvalue weighted by Gasteiger charge is 2.47. The Labute approximate surface area is 187 Å². The Morgan fingerprint density at radius 1 is 1.10 bits per heavy atom. The third-order valence-electron chi connectivity index (χ3n) is 5.75. The zero-order chi connectivity index (χ0) is 22.2. The van der Waals surface area contributed by atoms with E-state index in [1.54, 1.807) is 33.7 Å². The largest absolute Gasteiger partial charge is 0.338 e. The van der Waals surface area contributed by atoms with Crippen LogP contribution >= 0.6 is 23.4 Å². The Kier molecular flexibility index (Phi) is 5.90. The summed E-state index contributed by atoms with van der Waals surface area (Å²) in [6.07, 6.45) is 1.08. The van der Waals surface area contributed by atoms with Crippen LogP contribution in [-0.4, -0.2) is 56.8 Å². The summed E-state index contributed by atoms with van der Waals surface area (Å²) < 4.78 is 14.2. The lowest BCUT2D eigenvalue weighted by Gasteiger charge is -2.44. The van der Waals surface area contributed by atoms with Gasteiger partial charge in [0.2, 0.25) is 0 Å². The number of benzene rings is 2. The average molecular weight is 464 g/mol. The molecule has 10 heteroatoms. The topological polar surface area (TPSA) is 83.8 Å². The molecule has 162 valence electrons. The fourth-order valence-electron chi connectivity index (χ4n) is 4.12. The second-order valence-corrected chi connectivity index (χ2v) is 9.31. The minimum absolute atomic E-state index is 0.0243. The Bertz CT molecular complexity index is 1060. The lowest BCUT2D eigenvalue weighted by Crippen LogP contribution is -2.53. The van der Waals surface area contributed by atoms with Crippen molar-refractivity contribution >= 4 is 40.9 Å². The fraction of sp³-hybridized carbons (Fsp3) is 0.333. The molecule has 7 nitrogen and oxygen atoms in total. The molecule has 1 spiro atoms. The first-order chi connectivity index (χ1) is 14.8. The van der Waals surface area contributed by atoms with Gasteiger partial charge in [0.25, 0.3) is 17.5 Å². The summed E-state index contributed by atoms with van der Waals surface area (Å²) in [6.45, 7) is 1.31. The monoisotopic (exact) mass is 463 g/mol. The first-order valence-corrected chi connectivity index (χ1v) is 11.1. The number of carbonyl (C=O) groups excluding carboxylic acids is 2. The average Bonchev–Trinajstić information content (AvgIpc) is 3.16. The summed E-state index contributed by atoms with van der Waals surface area (Å²) in [4.78, 5) is 39.3. The summed E-state index contributed by atoms with van der Waals surface area (Å²) >= 11 is 7.50. The fourth-order valence-corrected chi connectivity index (χ4v) is 5.76. The minimum atomic E-state index is -0.619. The number of amides is 2. The number of hydrogen-bond donors (Lipinski definition) is 0. The number of rotatable bonds is 3. The normalized spacial score (nSPS) is 17.7. The van der Waals surface area contributed by atoms with Gasteiger partial charge in [0.1, 0.15) is 10.8 Å². The summed E-state index contributed by atoms with van der Waals surface area (Å²) in [5, 5.41) is 11.1. The van der Waals surface area contributed by atoms with Crippen molar-refractivity contribution in [3.63, 3.8) is 0 Å². The van der Waals surface area contributed by atoms with Crippen LogP contribution in [0, 0.1) is 15.9 Å². The Hall–Kier alpha value is -2.65. The highest BCUT2D eigenvalue weighted by molar-refractivity contribution is 8.00. The van der Waals surface area contributed by atoms with Gasteiger partial charge in [0, 0.05) is 37.0 Å². The Morgan fingerprint density at radius 3 is 2.48 bits per heavy atom. The number of nitro benzene ring substituents is 1. The molecular weight excluding hydrogens is 445 g/mol. The molecule has 0 aliphatic carbocycles. The highest BCUT2D eigenvalue weighted by Crippen LogP contribution is 2.45. The lowest BCUT2D eigenvalue weighted by atomic mass is 10.00. The maximum Gasteiger partial charge on any atom is 0.288 e. The number of thioether (sulfide) groups is 1. The minimum Gasteiger partial charge on any atom is -0.338 e. The zero-order valence-electron chi connectivity index (χ0n) is 16.4. The van der Waals surface area contributed by atoms with E-state index < -0.39 is 15.6 Å². The van der Waals surface area contributed by atoms with Crippen LogP contribution in [-0.2, 0) is 0 Å². The summed E-state index contributed by atoms with van der Waals surface area (Å²) in [6, 6.07) is 9.95. The molecule has 4 rings (SSSR count). The molecular formula is C21H19ClFN3O4S. The van der Waals surface area contributed by atoms with E-state index in [0.717, 1.165) is 5.75 Å². The molecule has 0 bridgehead atoms. The van der Waals surface area contributed by atoms with Gasteiger partial charge in [-0.2, -0.15) is 0 Å². The first kappa shape index (κ1) is 21.6. The number of piperidine rings is 1. The molecule has 2 amide bonds. The molecule has 0 radical (unpaired) electrons. The van der Waals surface area contributed by atoms with Crippen LogP contribution in [0.1, 0.15) is 33.6 Å². The van der Waals surface area contributed by atoms with Gasteiger partial charge in [-0.15, -0.1) is 11.8 Å². The summed E-state index contributed by atoms with van der Waals surface area (Å²) in [5.41, 5.74) is -0.0595. The third kappa shape index (κ3) is 3.99. The number of nitro groups is 1. The number of halogens is 2. The van der Waals surface area contributed by atoms with Crippen molar-refractivity contribution in [2.45, 2.75) is 17.7 Å². The SMILES string of the molecule is O=C(c1ccc(Cl)c([N+](=O)[O-])c1)N1CCC2(CC1)SCCN2C(=O)c1ccccc1F. The predicted molar refractivity (Wildman–Crippen MR) is 116 cm³/mol. The van der Waals surface area contributed by atoms with Crippen LogP contribution in [0.4, 0.5) is 10.1 Å². The van der Waals surface area contributed by atoms with Gasteiger partial charge in [0.15, 0.2) is 0 Å². The van der Waals surface area contributed by atoms with Crippen molar-refractivity contribution in [1.29, 1.82) is 0 Å². The molecule has 2 aliphatic rings. The van der Waals surface area contributed by atoms with Gasteiger partial charge in [-0.05, 0) is 37.1 Å². The van der Waals surface area contributed by atoms with Crippen molar-refractivity contribution < 1.29 is 18.9 Å². The van der Waals surface area contributed by atoms with Crippen molar-refractivity contribution in [3.8, 4) is 0 Å². The quantitative estimate of drug-likeness (QED) is 0.503. The van der Waals surface area contributed by atoms with Crippen LogP contribution in [0.25, 0.3) is 0 Å². The molecule has 0 atom stereocenters. The molecule has 2 aromatic rings. The maximum absolute atomic E-state index is 14.2. The molecule has 0 unspecified atom stereocenters. The second kappa shape index (κ2) is 8.47. The van der Waals surface area contributed by atoms with Gasteiger partial charge in [-0.1, -0.05) is 23.7 Å². The van der Waals surface area contributed by atoms with Crippen molar-refractivity contribution in [2.75, 3.05) is 25.4 Å². The predicted octanol–water partition coefficient (Wildman–Crippen LogP) is 4.21. The van der Waals surface area contributed by atoms with Gasteiger partial charge in [0.05, 0.1) is 15.4 Å². The van der Waals surface area contributed by atoms with Crippen LogP contribution < -0.4 is 0 Å². The molecule has 2 heterocycles. The van der Waals surface area contributed by atoms with Gasteiger partial charge in [-0.3, -0.25) is 19.7 Å². The molecule has 2 aromatic carbocycles. The third-order valence-corrected chi connectivity index (χ3v) is 7.62. The molecule has 0 saturated carbocycles. The van der Waals surface area contributed by atoms with E-state index in [1.807, 2.05) is 0 Å². The van der Waals surface area contributed by atoms with Crippen LogP contribution in [0.2, 0.25) is 5.02 Å². The summed E-state index contributed by atoms with van der Waals surface area (Å²) in [5.74, 6) is -0.449. The maximum atomic E-state index is 14.2. The van der Waals surface area contributed by atoms with Crippen molar-refractivity contribution in [3.05, 3.63) is 74.5 Å².